The van der Waals surface area contributed by atoms with Crippen LogP contribution in [0.5, 0.6) is 10.4 Å². The van der Waals surface area contributed by atoms with Crippen molar-refractivity contribution < 1.29 is 19.1 Å². The molecule has 0 fully saturated rings. The second kappa shape index (κ2) is 4.81. The minimum atomic E-state index is -1.12. The summed E-state index contributed by atoms with van der Waals surface area (Å²) in [4.78, 5) is 29.7. The molecule has 0 unspecified atom stereocenters. The molecule has 2 heterocycles. The number of nitrogens with zero attached hydrogens (tertiary/aromatic N) is 2. The first-order valence-electron chi connectivity index (χ1n) is 3.98. The van der Waals surface area contributed by atoms with Crippen molar-refractivity contribution in [1.29, 1.82) is 0 Å². The van der Waals surface area contributed by atoms with Gasteiger partial charge in [0.05, 0.1) is 0 Å². The molecule has 8 heteroatoms. The van der Waals surface area contributed by atoms with Crippen molar-refractivity contribution in [2.75, 3.05) is 0 Å². The summed E-state index contributed by atoms with van der Waals surface area (Å²) in [6, 6.07) is 0. The van der Waals surface area contributed by atoms with Crippen molar-refractivity contribution in [2.45, 2.75) is 0 Å². The number of aromatic nitrogens is 2. The smallest absolute Gasteiger partial charge is 0.389 e. The van der Waals surface area contributed by atoms with E-state index in [1.54, 1.807) is 10.8 Å². The molecule has 82 valence electrons. The van der Waals surface area contributed by atoms with E-state index in [0.717, 1.165) is 22.7 Å². The molecule has 0 aliphatic carbocycles. The lowest BCUT2D eigenvalue weighted by Crippen LogP contribution is -2.25. The first-order valence-corrected chi connectivity index (χ1v) is 5.74. The molecule has 0 atom stereocenters. The predicted molar refractivity (Wildman–Crippen MR) is 55.5 cm³/mol. The highest BCUT2D eigenvalue weighted by molar-refractivity contribution is 7.11. The van der Waals surface area contributed by atoms with Crippen LogP contribution in [-0.4, -0.2) is 21.9 Å². The highest BCUT2D eigenvalue weighted by Crippen LogP contribution is 2.16. The third-order valence-electron chi connectivity index (χ3n) is 1.35. The van der Waals surface area contributed by atoms with Crippen LogP contribution in [0.4, 0.5) is 0 Å². The standard InChI is InChI=1S/C8H4N2O4S2/c11-5(13-7-9-1-3-15-7)6(12)14-8-10-2-4-16-8/h1-4H. The van der Waals surface area contributed by atoms with Gasteiger partial charge in [-0.1, -0.05) is 22.7 Å². The quantitative estimate of drug-likeness (QED) is 0.591. The van der Waals surface area contributed by atoms with Crippen LogP contribution in [0.1, 0.15) is 0 Å². The van der Waals surface area contributed by atoms with E-state index >= 15 is 0 Å². The molecular formula is C8H4N2O4S2. The van der Waals surface area contributed by atoms with Crippen molar-refractivity contribution in [2.24, 2.45) is 0 Å². The fourth-order valence-corrected chi connectivity index (χ4v) is 1.73. The Labute approximate surface area is 97.5 Å². The molecule has 2 rings (SSSR count). The average molecular weight is 256 g/mol. The fraction of sp³-hybridized carbons (Fsp3) is 0. The fourth-order valence-electron chi connectivity index (χ4n) is 0.763. The van der Waals surface area contributed by atoms with E-state index in [0.29, 0.717) is 0 Å². The molecule has 0 radical (unpaired) electrons. The van der Waals surface area contributed by atoms with Gasteiger partial charge in [-0.25, -0.2) is 19.6 Å². The van der Waals surface area contributed by atoms with E-state index in [9.17, 15) is 9.59 Å². The van der Waals surface area contributed by atoms with E-state index in [1.807, 2.05) is 0 Å². The molecule has 0 spiro atoms. The lowest BCUT2D eigenvalue weighted by molar-refractivity contribution is -0.156. The summed E-state index contributed by atoms with van der Waals surface area (Å²) in [5, 5.41) is 3.44. The zero-order valence-corrected chi connectivity index (χ0v) is 9.29. The van der Waals surface area contributed by atoms with Gasteiger partial charge >= 0.3 is 11.9 Å². The average Bonchev–Trinajstić information content (AvgIpc) is 2.90. The highest BCUT2D eigenvalue weighted by Gasteiger charge is 2.21. The Morgan fingerprint density at radius 1 is 0.938 bits per heavy atom. The largest absolute Gasteiger partial charge is 0.425 e. The third-order valence-corrected chi connectivity index (χ3v) is 2.64. The lowest BCUT2D eigenvalue weighted by atomic mass is 10.7. The Balaban J connectivity index is 1.92. The van der Waals surface area contributed by atoms with E-state index in [1.165, 1.54) is 12.4 Å². The molecular weight excluding hydrogens is 252 g/mol. The number of thiazole rings is 2. The maximum Gasteiger partial charge on any atom is 0.425 e. The molecule has 0 saturated carbocycles. The maximum atomic E-state index is 11.2. The SMILES string of the molecule is O=C(Oc1nccs1)C(=O)Oc1nccs1. The number of ether oxygens (including phenoxy) is 2. The summed E-state index contributed by atoms with van der Waals surface area (Å²) in [6.07, 6.45) is 2.92. The van der Waals surface area contributed by atoms with Crippen LogP contribution in [0, 0.1) is 0 Å². The van der Waals surface area contributed by atoms with Gasteiger partial charge in [-0.3, -0.25) is 0 Å². The van der Waals surface area contributed by atoms with Crippen LogP contribution in [0.2, 0.25) is 0 Å². The Hall–Kier alpha value is -1.80. The summed E-state index contributed by atoms with van der Waals surface area (Å²) < 4.78 is 9.27. The van der Waals surface area contributed by atoms with Crippen molar-refractivity contribution in [3.05, 3.63) is 23.2 Å². The summed E-state index contributed by atoms with van der Waals surface area (Å²) >= 11 is 2.20. The minimum absolute atomic E-state index is 0.0982. The third kappa shape index (κ3) is 2.61. The lowest BCUT2D eigenvalue weighted by Gasteiger charge is -1.98. The number of esters is 2. The van der Waals surface area contributed by atoms with Gasteiger partial charge in [0.1, 0.15) is 0 Å². The molecule has 6 nitrogen and oxygen atoms in total. The molecule has 2 aromatic heterocycles. The molecule has 2 aromatic rings. The molecule has 0 saturated heterocycles. The topological polar surface area (TPSA) is 78.4 Å². The van der Waals surface area contributed by atoms with Gasteiger partial charge in [0.15, 0.2) is 0 Å². The Morgan fingerprint density at radius 2 is 1.38 bits per heavy atom. The zero-order valence-electron chi connectivity index (χ0n) is 7.65. The molecule has 0 N–H and O–H groups in total. The first-order chi connectivity index (χ1) is 7.75. The molecule has 16 heavy (non-hydrogen) atoms. The van der Waals surface area contributed by atoms with E-state index in [2.05, 4.69) is 19.4 Å². The summed E-state index contributed by atoms with van der Waals surface area (Å²) in [6.45, 7) is 0. The number of hydrogen-bond donors (Lipinski definition) is 0. The molecule has 0 aromatic carbocycles. The molecule has 0 aliphatic rings. The zero-order chi connectivity index (χ0) is 11.4. The van der Waals surface area contributed by atoms with Crippen molar-refractivity contribution in [3.63, 3.8) is 0 Å². The Kier molecular flexibility index (Phi) is 3.22. The molecule has 0 bridgehead atoms. The number of rotatable bonds is 2. The van der Waals surface area contributed by atoms with Crippen molar-refractivity contribution in [1.82, 2.24) is 9.97 Å². The van der Waals surface area contributed by atoms with E-state index < -0.39 is 11.9 Å². The summed E-state index contributed by atoms with van der Waals surface area (Å²) in [5.41, 5.74) is 0. The minimum Gasteiger partial charge on any atom is -0.389 e. The predicted octanol–water partition coefficient (Wildman–Crippen LogP) is 1.11. The highest BCUT2D eigenvalue weighted by atomic mass is 32.1. The molecule has 0 amide bonds. The van der Waals surface area contributed by atoms with Gasteiger partial charge < -0.3 is 9.47 Å². The monoisotopic (exact) mass is 256 g/mol. The Bertz CT molecular complexity index is 434. The van der Waals surface area contributed by atoms with Crippen molar-refractivity contribution in [3.8, 4) is 10.4 Å². The molecule has 0 aliphatic heterocycles. The van der Waals surface area contributed by atoms with Crippen LogP contribution < -0.4 is 9.47 Å². The summed E-state index contributed by atoms with van der Waals surface area (Å²) in [7, 11) is 0. The van der Waals surface area contributed by atoms with Crippen LogP contribution in [0.3, 0.4) is 0 Å². The van der Waals surface area contributed by atoms with Crippen molar-refractivity contribution >= 4 is 34.6 Å². The Morgan fingerprint density at radius 3 is 1.69 bits per heavy atom. The van der Waals surface area contributed by atoms with Crippen LogP contribution in [-0.2, 0) is 9.59 Å². The van der Waals surface area contributed by atoms with E-state index in [-0.39, 0.29) is 10.4 Å². The summed E-state index contributed by atoms with van der Waals surface area (Å²) in [5.74, 6) is -2.24. The second-order valence-electron chi connectivity index (χ2n) is 2.38. The van der Waals surface area contributed by atoms with Gasteiger partial charge in [0.25, 0.3) is 10.4 Å². The van der Waals surface area contributed by atoms with Gasteiger partial charge in [0.2, 0.25) is 0 Å². The van der Waals surface area contributed by atoms with Crippen LogP contribution in [0.15, 0.2) is 23.2 Å². The van der Waals surface area contributed by atoms with Gasteiger partial charge in [0, 0.05) is 23.2 Å². The first kappa shape index (κ1) is 10.7. The maximum absolute atomic E-state index is 11.2. The normalized spacial score (nSPS) is 9.75. The second-order valence-corrected chi connectivity index (χ2v) is 4.09. The van der Waals surface area contributed by atoms with Gasteiger partial charge in [-0.2, -0.15) is 0 Å². The number of carbonyl (C=O) groups is 2. The van der Waals surface area contributed by atoms with Gasteiger partial charge in [-0.15, -0.1) is 0 Å². The van der Waals surface area contributed by atoms with E-state index in [4.69, 9.17) is 0 Å². The van der Waals surface area contributed by atoms with Crippen LogP contribution >= 0.6 is 22.7 Å². The van der Waals surface area contributed by atoms with Crippen LogP contribution in [0.25, 0.3) is 0 Å². The number of hydrogen-bond acceptors (Lipinski definition) is 8. The number of carbonyl (C=O) groups excluding carboxylic acids is 2. The van der Waals surface area contributed by atoms with Gasteiger partial charge in [-0.05, 0) is 0 Å².